The zero-order valence-corrected chi connectivity index (χ0v) is 10.9. The first kappa shape index (κ1) is 13.4. The minimum atomic E-state index is 0.281. The molecule has 0 saturated heterocycles. The molecule has 1 aromatic heterocycles. The van der Waals surface area contributed by atoms with Crippen LogP contribution >= 0.6 is 0 Å². The summed E-state index contributed by atoms with van der Waals surface area (Å²) >= 11 is 0. The molecular formula is C13H18N4O2. The van der Waals surface area contributed by atoms with Gasteiger partial charge < -0.3 is 15.2 Å². The Hall–Kier alpha value is -2.08. The van der Waals surface area contributed by atoms with Crippen LogP contribution in [0.15, 0.2) is 24.5 Å². The van der Waals surface area contributed by atoms with Gasteiger partial charge in [0.25, 0.3) is 0 Å². The molecule has 2 rings (SSSR count). The lowest BCUT2D eigenvalue weighted by atomic mass is 10.2. The molecule has 0 atom stereocenters. The van der Waals surface area contributed by atoms with Gasteiger partial charge in [0, 0.05) is 18.5 Å². The summed E-state index contributed by atoms with van der Waals surface area (Å²) in [5.74, 6) is 1.92. The lowest BCUT2D eigenvalue weighted by molar-refractivity contribution is 0.410. The summed E-state index contributed by atoms with van der Waals surface area (Å²) in [5.41, 5.74) is 0.832. The number of aromatic amines is 1. The van der Waals surface area contributed by atoms with Crippen molar-refractivity contribution in [2.45, 2.75) is 19.4 Å². The van der Waals surface area contributed by atoms with Gasteiger partial charge >= 0.3 is 0 Å². The number of ether oxygens (including phenoxy) is 1. The first-order valence-corrected chi connectivity index (χ1v) is 6.20. The molecule has 19 heavy (non-hydrogen) atoms. The number of H-pyrrole nitrogens is 1. The molecule has 6 heteroatoms. The van der Waals surface area contributed by atoms with Gasteiger partial charge in [-0.05, 0) is 31.2 Å². The molecule has 0 unspecified atom stereocenters. The summed E-state index contributed by atoms with van der Waals surface area (Å²) in [7, 11) is 1.61. The number of phenolic OH excluding ortho intramolecular Hbond substituents is 1. The highest BCUT2D eigenvalue weighted by Crippen LogP contribution is 2.22. The molecule has 3 N–H and O–H groups in total. The van der Waals surface area contributed by atoms with Gasteiger partial charge in [-0.2, -0.15) is 5.10 Å². The third-order valence-electron chi connectivity index (χ3n) is 2.83. The van der Waals surface area contributed by atoms with Gasteiger partial charge in [-0.15, -0.1) is 0 Å². The highest BCUT2D eigenvalue weighted by Gasteiger charge is 2.03. The van der Waals surface area contributed by atoms with Crippen molar-refractivity contribution < 1.29 is 9.84 Å². The Bertz CT molecular complexity index is 499. The predicted molar refractivity (Wildman–Crippen MR) is 71.1 cm³/mol. The summed E-state index contributed by atoms with van der Waals surface area (Å²) in [4.78, 5) is 4.06. The Morgan fingerprint density at radius 2 is 2.32 bits per heavy atom. The number of aromatic hydroxyl groups is 1. The Morgan fingerprint density at radius 1 is 1.42 bits per heavy atom. The van der Waals surface area contributed by atoms with Gasteiger partial charge in [-0.1, -0.05) is 0 Å². The molecule has 0 spiro atoms. The van der Waals surface area contributed by atoms with Crippen LogP contribution < -0.4 is 10.1 Å². The third kappa shape index (κ3) is 3.96. The standard InChI is InChI=1S/C13H18N4O2/c1-19-11-4-5-12(18)10(7-11)8-14-6-2-3-13-15-9-16-17-13/h4-5,7,9,14,18H,2-3,6,8H2,1H3,(H,15,16,17). The van der Waals surface area contributed by atoms with Crippen molar-refractivity contribution in [1.29, 1.82) is 0 Å². The Morgan fingerprint density at radius 3 is 3.05 bits per heavy atom. The van der Waals surface area contributed by atoms with Crippen LogP contribution in [-0.2, 0) is 13.0 Å². The van der Waals surface area contributed by atoms with Crippen LogP contribution in [0.5, 0.6) is 11.5 Å². The van der Waals surface area contributed by atoms with Crippen molar-refractivity contribution in [1.82, 2.24) is 20.5 Å². The number of aromatic nitrogens is 3. The van der Waals surface area contributed by atoms with Crippen LogP contribution in [0, 0.1) is 0 Å². The van der Waals surface area contributed by atoms with Crippen LogP contribution in [0.25, 0.3) is 0 Å². The quantitative estimate of drug-likeness (QED) is 0.654. The van der Waals surface area contributed by atoms with Gasteiger partial charge in [0.15, 0.2) is 0 Å². The normalized spacial score (nSPS) is 10.6. The van der Waals surface area contributed by atoms with E-state index in [9.17, 15) is 5.11 Å². The van der Waals surface area contributed by atoms with Crippen molar-refractivity contribution in [3.05, 3.63) is 35.9 Å². The zero-order chi connectivity index (χ0) is 13.5. The fourth-order valence-electron chi connectivity index (χ4n) is 1.79. The molecule has 0 saturated carbocycles. The van der Waals surface area contributed by atoms with Crippen molar-refractivity contribution in [2.75, 3.05) is 13.7 Å². The summed E-state index contributed by atoms with van der Waals surface area (Å²) in [6, 6.07) is 5.21. The molecule has 6 nitrogen and oxygen atoms in total. The molecular weight excluding hydrogens is 244 g/mol. The minimum absolute atomic E-state index is 0.281. The van der Waals surface area contributed by atoms with Crippen LogP contribution in [0.3, 0.4) is 0 Å². The number of aryl methyl sites for hydroxylation is 1. The summed E-state index contributed by atoms with van der Waals surface area (Å²) < 4.78 is 5.13. The second kappa shape index (κ2) is 6.75. The predicted octanol–water partition coefficient (Wildman–Crippen LogP) is 1.24. The maximum absolute atomic E-state index is 9.72. The smallest absolute Gasteiger partial charge is 0.137 e. The summed E-state index contributed by atoms with van der Waals surface area (Å²) in [6.45, 7) is 1.46. The second-order valence-electron chi connectivity index (χ2n) is 4.21. The van der Waals surface area contributed by atoms with Crippen molar-refractivity contribution in [2.24, 2.45) is 0 Å². The van der Waals surface area contributed by atoms with Gasteiger partial charge in [0.05, 0.1) is 7.11 Å². The van der Waals surface area contributed by atoms with E-state index in [2.05, 4.69) is 20.5 Å². The van der Waals surface area contributed by atoms with Crippen molar-refractivity contribution in [3.8, 4) is 11.5 Å². The number of methoxy groups -OCH3 is 1. The maximum Gasteiger partial charge on any atom is 0.137 e. The van der Waals surface area contributed by atoms with Gasteiger partial charge in [-0.3, -0.25) is 5.10 Å². The molecule has 0 amide bonds. The minimum Gasteiger partial charge on any atom is -0.508 e. The van der Waals surface area contributed by atoms with Crippen LogP contribution in [0.2, 0.25) is 0 Å². The van der Waals surface area contributed by atoms with Crippen LogP contribution in [0.1, 0.15) is 17.8 Å². The van der Waals surface area contributed by atoms with E-state index in [1.54, 1.807) is 19.2 Å². The Kier molecular flexibility index (Phi) is 4.74. The zero-order valence-electron chi connectivity index (χ0n) is 10.9. The lowest BCUT2D eigenvalue weighted by Crippen LogP contribution is -2.15. The highest BCUT2D eigenvalue weighted by atomic mass is 16.5. The van der Waals surface area contributed by atoms with Gasteiger partial charge in [0.2, 0.25) is 0 Å². The SMILES string of the molecule is COc1ccc(O)c(CNCCCc2ncn[nH]2)c1. The van der Waals surface area contributed by atoms with E-state index in [-0.39, 0.29) is 5.75 Å². The number of nitrogens with one attached hydrogen (secondary N) is 2. The number of hydrogen-bond acceptors (Lipinski definition) is 5. The summed E-state index contributed by atoms with van der Waals surface area (Å²) in [6.07, 6.45) is 3.33. The van der Waals surface area contributed by atoms with E-state index in [0.29, 0.717) is 6.54 Å². The molecule has 0 aliphatic heterocycles. The number of benzene rings is 1. The highest BCUT2D eigenvalue weighted by molar-refractivity contribution is 5.39. The second-order valence-corrected chi connectivity index (χ2v) is 4.21. The van der Waals surface area contributed by atoms with Crippen LogP contribution in [-0.4, -0.2) is 33.9 Å². The van der Waals surface area contributed by atoms with E-state index in [1.165, 1.54) is 6.33 Å². The van der Waals surface area contributed by atoms with Gasteiger partial charge in [-0.25, -0.2) is 4.98 Å². The van der Waals surface area contributed by atoms with Gasteiger partial charge in [0.1, 0.15) is 23.7 Å². The first-order chi connectivity index (χ1) is 9.29. The first-order valence-electron chi connectivity index (χ1n) is 6.20. The van der Waals surface area contributed by atoms with Crippen LogP contribution in [0.4, 0.5) is 0 Å². The largest absolute Gasteiger partial charge is 0.508 e. The molecule has 0 aliphatic carbocycles. The maximum atomic E-state index is 9.72. The number of phenols is 1. The molecule has 1 heterocycles. The van der Waals surface area contributed by atoms with Crippen molar-refractivity contribution >= 4 is 0 Å². The molecule has 0 radical (unpaired) electrons. The number of nitrogens with zero attached hydrogens (tertiary/aromatic N) is 2. The van der Waals surface area contributed by atoms with Crippen molar-refractivity contribution in [3.63, 3.8) is 0 Å². The molecule has 0 bridgehead atoms. The molecule has 0 fully saturated rings. The monoisotopic (exact) mass is 262 g/mol. The van der Waals surface area contributed by atoms with E-state index < -0.39 is 0 Å². The topological polar surface area (TPSA) is 83.1 Å². The average Bonchev–Trinajstić information content (AvgIpc) is 2.93. The number of hydrogen-bond donors (Lipinski definition) is 3. The lowest BCUT2D eigenvalue weighted by Gasteiger charge is -2.08. The fraction of sp³-hybridized carbons (Fsp3) is 0.385. The molecule has 102 valence electrons. The Balaban J connectivity index is 1.73. The average molecular weight is 262 g/mol. The fourth-order valence-corrected chi connectivity index (χ4v) is 1.79. The van der Waals surface area contributed by atoms with E-state index in [1.807, 2.05) is 6.07 Å². The van der Waals surface area contributed by atoms with E-state index >= 15 is 0 Å². The number of rotatable bonds is 7. The third-order valence-corrected chi connectivity index (χ3v) is 2.83. The molecule has 2 aromatic rings. The Labute approximate surface area is 111 Å². The summed E-state index contributed by atoms with van der Waals surface area (Å²) in [5, 5.41) is 19.6. The van der Waals surface area contributed by atoms with E-state index in [0.717, 1.165) is 36.5 Å². The molecule has 1 aromatic carbocycles. The van der Waals surface area contributed by atoms with E-state index in [4.69, 9.17) is 4.74 Å². The molecule has 0 aliphatic rings.